The van der Waals surface area contributed by atoms with Crippen molar-refractivity contribution in [2.45, 2.75) is 53.6 Å². The van der Waals surface area contributed by atoms with Crippen molar-refractivity contribution in [3.05, 3.63) is 184 Å². The zero-order chi connectivity index (χ0) is 56.8. The van der Waals surface area contributed by atoms with Gasteiger partial charge in [0.25, 0.3) is 0 Å². The molecule has 6 aromatic carbocycles. The minimum absolute atomic E-state index is 0. The molecule has 0 spiro atoms. The number of benzene rings is 6. The molecule has 436 valence electrons. The standard InChI is InChI=1S/C33H37NOSi.C27H36O10.F5P.FH/c1-26-20-27(2)22-31(21-26)24-34-23-29-14-16-32(17-15-29)35-25-30-12-10-28(11-13-30)18-19-36(3,4)33-8-6-5-7-9-33;1-2-33-27(28)22-7-8-25-26(21-22)37-20-16-32-12-11-30-14-18-35-24-6-4-3-5-23(24)34-17-13-29-9-10-31-15-19-36-25;1-6(2,3,4)5;/h5-22,34H,23-25H2,1-4H3;3-8,21H,2,9-20H2,1H3;;1H/b19-18+;;;. The van der Waals surface area contributed by atoms with Crippen LogP contribution in [0.4, 0.5) is 25.7 Å². The second kappa shape index (κ2) is 34.6. The number of aryl methyl sites for hydroxylation is 2. The Balaban J connectivity index is 0.000000309. The number of nitrogens with one attached hydrogen (secondary N) is 1. The van der Waals surface area contributed by atoms with Crippen molar-refractivity contribution in [2.24, 2.45) is 0 Å². The van der Waals surface area contributed by atoms with E-state index in [4.69, 9.17) is 47.4 Å². The molecule has 7 rings (SSSR count). The summed E-state index contributed by atoms with van der Waals surface area (Å²) in [5.41, 5.74) is 10.4. The predicted molar refractivity (Wildman–Crippen MR) is 305 cm³/mol. The van der Waals surface area contributed by atoms with Crippen molar-refractivity contribution in [3.63, 3.8) is 0 Å². The molecule has 0 saturated carbocycles. The summed E-state index contributed by atoms with van der Waals surface area (Å²) < 4.78 is 106. The van der Waals surface area contributed by atoms with Gasteiger partial charge in [0, 0.05) is 13.1 Å². The SMILES string of the molecule is CCOC(=O)c1ccc2c(c1)OCCOCCOCCOc1ccccc1OCCOCCOCCO2.Cc1cc(C)cc(CNCc2ccc(OCc3ccc(/C=C/[Si](C)(C)c4ccccc4)cc3)cc2)c1.F.FP(F)(F)(F)F. The first kappa shape index (κ1) is 66.1. The van der Waals surface area contributed by atoms with Crippen molar-refractivity contribution >= 4 is 33.5 Å². The molecule has 20 heteroatoms. The van der Waals surface area contributed by atoms with Gasteiger partial charge in [0.05, 0.1) is 65.0 Å². The van der Waals surface area contributed by atoms with Crippen LogP contribution in [0.15, 0.2) is 145 Å². The number of fused-ring (bicyclic) bond motifs is 2. The van der Waals surface area contributed by atoms with E-state index in [-0.39, 0.29) is 17.9 Å². The average molecular weight is 1160 g/mol. The first-order valence-electron chi connectivity index (χ1n) is 26.1. The molecule has 1 N–H and O–H groups in total. The fourth-order valence-corrected chi connectivity index (χ4v) is 9.50. The molecular formula is C60H74F6NO11PSi. The van der Waals surface area contributed by atoms with E-state index < -0.39 is 22.2 Å². The minimum atomic E-state index is -8.55. The van der Waals surface area contributed by atoms with Crippen LogP contribution in [0.1, 0.15) is 50.7 Å². The Morgan fingerprint density at radius 1 is 0.550 bits per heavy atom. The van der Waals surface area contributed by atoms with Crippen molar-refractivity contribution in [1.29, 1.82) is 0 Å². The maximum atomic E-state index is 12.1. The quantitative estimate of drug-likeness (QED) is 0.0543. The maximum absolute atomic E-state index is 12.1. The summed E-state index contributed by atoms with van der Waals surface area (Å²) in [6, 6.07) is 47.0. The summed E-state index contributed by atoms with van der Waals surface area (Å²) in [7, 11) is -10.1. The van der Waals surface area contributed by atoms with Crippen LogP contribution in [0.25, 0.3) is 6.08 Å². The van der Waals surface area contributed by atoms with E-state index in [1.807, 2.05) is 24.3 Å². The van der Waals surface area contributed by atoms with Gasteiger partial charge in [-0.1, -0.05) is 138 Å². The second-order valence-electron chi connectivity index (χ2n) is 18.5. The summed E-state index contributed by atoms with van der Waals surface area (Å²) >= 11 is 0. The van der Waals surface area contributed by atoms with Gasteiger partial charge >= 0.3 is 35.1 Å². The van der Waals surface area contributed by atoms with Crippen LogP contribution in [0.3, 0.4) is 0 Å². The first-order valence-corrected chi connectivity index (χ1v) is 30.8. The first-order chi connectivity index (χ1) is 37.9. The van der Waals surface area contributed by atoms with Crippen molar-refractivity contribution < 1.29 is 77.9 Å². The fourth-order valence-electron chi connectivity index (χ4n) is 7.64. The normalized spacial score (nSPS) is 14.7. The molecule has 0 fully saturated rings. The zero-order valence-electron chi connectivity index (χ0n) is 46.0. The number of rotatable bonds is 12. The van der Waals surface area contributed by atoms with Gasteiger partial charge in [0.15, 0.2) is 23.0 Å². The van der Waals surface area contributed by atoms with Crippen LogP contribution in [0.5, 0.6) is 28.7 Å². The molecule has 0 amide bonds. The van der Waals surface area contributed by atoms with Gasteiger partial charge in [-0.25, -0.2) is 4.79 Å². The summed E-state index contributed by atoms with van der Waals surface area (Å²) in [6.45, 7) is 18.0. The van der Waals surface area contributed by atoms with Crippen molar-refractivity contribution in [3.8, 4) is 28.7 Å². The fraction of sp³-hybridized carbons (Fsp3) is 0.350. The number of hydrogen-bond donors (Lipinski definition) is 1. The van der Waals surface area contributed by atoms with Crippen LogP contribution in [0.2, 0.25) is 13.1 Å². The van der Waals surface area contributed by atoms with Gasteiger partial charge in [0.2, 0.25) is 0 Å². The number of para-hydroxylation sites is 2. The van der Waals surface area contributed by atoms with E-state index >= 15 is 0 Å². The van der Waals surface area contributed by atoms with Crippen molar-refractivity contribution in [1.82, 2.24) is 5.32 Å². The van der Waals surface area contributed by atoms with Crippen LogP contribution in [-0.2, 0) is 43.4 Å². The topological polar surface area (TPSA) is 121 Å². The Labute approximate surface area is 467 Å². The molecule has 1 aliphatic heterocycles. The molecule has 0 bridgehead atoms. The Bertz CT molecular complexity index is 2720. The molecule has 6 aromatic rings. The number of esters is 1. The molecule has 0 radical (unpaired) electrons. The number of carbonyl (C=O) groups is 1. The van der Waals surface area contributed by atoms with Gasteiger partial charge < -0.3 is 52.7 Å². The molecule has 0 saturated heterocycles. The predicted octanol–water partition coefficient (Wildman–Crippen LogP) is 13.6. The van der Waals surface area contributed by atoms with E-state index in [0.717, 1.165) is 18.8 Å². The third-order valence-corrected chi connectivity index (χ3v) is 14.3. The van der Waals surface area contributed by atoms with Crippen LogP contribution in [-0.4, -0.2) is 99.9 Å². The van der Waals surface area contributed by atoms with Gasteiger partial charge in [-0.3, -0.25) is 4.70 Å². The third kappa shape index (κ3) is 27.6. The van der Waals surface area contributed by atoms with E-state index in [1.165, 1.54) is 38.6 Å². The summed E-state index contributed by atoms with van der Waals surface area (Å²) in [4.78, 5) is 12.1. The van der Waals surface area contributed by atoms with E-state index in [0.29, 0.717) is 108 Å². The van der Waals surface area contributed by atoms with Crippen LogP contribution in [0, 0.1) is 13.8 Å². The van der Waals surface area contributed by atoms with Crippen LogP contribution >= 0.6 is 8.16 Å². The second-order valence-corrected chi connectivity index (χ2v) is 24.1. The molecule has 12 nitrogen and oxygen atoms in total. The van der Waals surface area contributed by atoms with E-state index in [2.05, 4.69) is 141 Å². The molecular weight excluding hydrogens is 1080 g/mol. The molecule has 0 aliphatic carbocycles. The number of hydrogen-bond acceptors (Lipinski definition) is 12. The van der Waals surface area contributed by atoms with E-state index in [1.54, 1.807) is 25.1 Å². The Hall–Kier alpha value is -6.44. The van der Waals surface area contributed by atoms with Gasteiger partial charge in [0.1, 0.15) is 46.9 Å². The van der Waals surface area contributed by atoms with Crippen LogP contribution < -0.4 is 34.2 Å². The van der Waals surface area contributed by atoms with E-state index in [9.17, 15) is 25.8 Å². The number of halogens is 6. The monoisotopic (exact) mass is 1160 g/mol. The number of ether oxygens (including phenoxy) is 10. The Morgan fingerprint density at radius 3 is 1.51 bits per heavy atom. The molecule has 0 aromatic heterocycles. The molecule has 80 heavy (non-hydrogen) atoms. The van der Waals surface area contributed by atoms with Gasteiger partial charge in [-0.15, -0.1) is 0 Å². The molecule has 1 aliphatic rings. The number of carbonyl (C=O) groups excluding carboxylic acids is 1. The molecule has 0 unspecified atom stereocenters. The summed E-state index contributed by atoms with van der Waals surface area (Å²) in [5, 5.41) is 4.99. The average Bonchev–Trinajstić information content (AvgIpc) is 3.42. The zero-order valence-corrected chi connectivity index (χ0v) is 47.9. The van der Waals surface area contributed by atoms with Gasteiger partial charge in [-0.2, -0.15) is 0 Å². The van der Waals surface area contributed by atoms with Gasteiger partial charge in [-0.05, 0) is 85.5 Å². The Kier molecular flexibility index (Phi) is 28.6. The van der Waals surface area contributed by atoms with Crippen molar-refractivity contribution in [2.75, 3.05) is 85.9 Å². The molecule has 1 heterocycles. The third-order valence-electron chi connectivity index (χ3n) is 11.4. The molecule has 0 atom stereocenters. The Morgan fingerprint density at radius 2 is 1.00 bits per heavy atom. The summed E-state index contributed by atoms with van der Waals surface area (Å²) in [6.07, 6.45) is 2.26. The summed E-state index contributed by atoms with van der Waals surface area (Å²) in [5.74, 6) is 2.72.